The molecule has 2 heterocycles. The molecule has 1 saturated heterocycles. The number of piperazine rings is 1. The maximum Gasteiger partial charge on any atom is 0.244 e. The van der Waals surface area contributed by atoms with Crippen molar-refractivity contribution in [3.63, 3.8) is 0 Å². The van der Waals surface area contributed by atoms with Gasteiger partial charge in [-0.15, -0.1) is 0 Å². The first-order valence-corrected chi connectivity index (χ1v) is 9.86. The molecule has 3 rings (SSSR count). The van der Waals surface area contributed by atoms with Crippen molar-refractivity contribution in [2.75, 3.05) is 32.7 Å². The van der Waals surface area contributed by atoms with E-state index in [1.54, 1.807) is 30.5 Å². The van der Waals surface area contributed by atoms with Crippen LogP contribution in [0.25, 0.3) is 0 Å². The molecule has 0 spiro atoms. The number of rotatable bonds is 5. The molecule has 25 heavy (non-hydrogen) atoms. The Kier molecular flexibility index (Phi) is 5.68. The molecule has 1 aromatic heterocycles. The second-order valence-electron chi connectivity index (χ2n) is 5.88. The Morgan fingerprint density at radius 2 is 1.88 bits per heavy atom. The van der Waals surface area contributed by atoms with Gasteiger partial charge in [0.1, 0.15) is 10.7 Å². The zero-order chi connectivity index (χ0) is 17.9. The van der Waals surface area contributed by atoms with Gasteiger partial charge in [0.05, 0.1) is 0 Å². The Labute approximate surface area is 152 Å². The van der Waals surface area contributed by atoms with Crippen molar-refractivity contribution >= 4 is 21.6 Å². The molecule has 0 amide bonds. The van der Waals surface area contributed by atoms with Gasteiger partial charge in [-0.3, -0.25) is 4.98 Å². The van der Waals surface area contributed by atoms with Gasteiger partial charge in [-0.1, -0.05) is 17.7 Å². The van der Waals surface area contributed by atoms with Gasteiger partial charge in [-0.25, -0.2) is 12.8 Å². The van der Waals surface area contributed by atoms with Crippen LogP contribution in [-0.2, 0) is 16.4 Å². The summed E-state index contributed by atoms with van der Waals surface area (Å²) in [6.07, 6.45) is 3.41. The van der Waals surface area contributed by atoms with Crippen molar-refractivity contribution < 1.29 is 12.8 Å². The fourth-order valence-corrected chi connectivity index (χ4v) is 4.53. The summed E-state index contributed by atoms with van der Waals surface area (Å²) in [5, 5.41) is 0.429. The summed E-state index contributed by atoms with van der Waals surface area (Å²) in [7, 11) is -3.50. The summed E-state index contributed by atoms with van der Waals surface area (Å²) in [5.74, 6) is -0.301. The number of aromatic nitrogens is 1. The molecule has 1 aliphatic rings. The highest BCUT2D eigenvalue weighted by Crippen LogP contribution is 2.21. The number of halogens is 2. The molecule has 0 radical (unpaired) electrons. The highest BCUT2D eigenvalue weighted by atomic mass is 35.5. The Morgan fingerprint density at radius 3 is 2.52 bits per heavy atom. The number of benzene rings is 1. The summed E-state index contributed by atoms with van der Waals surface area (Å²) in [6.45, 7) is 2.66. The quantitative estimate of drug-likeness (QED) is 0.795. The van der Waals surface area contributed by atoms with Gasteiger partial charge in [-0.2, -0.15) is 4.31 Å². The number of nitrogens with zero attached hydrogens (tertiary/aromatic N) is 3. The normalized spacial score (nSPS) is 16.9. The van der Waals surface area contributed by atoms with Crippen LogP contribution >= 0.6 is 11.6 Å². The predicted molar refractivity (Wildman–Crippen MR) is 94.5 cm³/mol. The molecule has 5 nitrogen and oxygen atoms in total. The van der Waals surface area contributed by atoms with Crippen molar-refractivity contribution in [1.82, 2.24) is 14.2 Å². The van der Waals surface area contributed by atoms with Gasteiger partial charge in [0.15, 0.2) is 0 Å². The van der Waals surface area contributed by atoms with Crippen molar-refractivity contribution in [2.24, 2.45) is 0 Å². The van der Waals surface area contributed by atoms with E-state index in [9.17, 15) is 12.8 Å². The van der Waals surface area contributed by atoms with Crippen LogP contribution in [0.2, 0.25) is 5.02 Å². The fraction of sp³-hybridized carbons (Fsp3) is 0.353. The van der Waals surface area contributed by atoms with Crippen LogP contribution in [0.1, 0.15) is 5.56 Å². The number of hydrogen-bond acceptors (Lipinski definition) is 4. The highest BCUT2D eigenvalue weighted by molar-refractivity contribution is 7.89. The second kappa shape index (κ2) is 7.78. The lowest BCUT2D eigenvalue weighted by molar-refractivity contribution is 0.190. The molecule has 1 aromatic carbocycles. The lowest BCUT2D eigenvalue weighted by Gasteiger charge is -2.34. The first kappa shape index (κ1) is 18.3. The maximum atomic E-state index is 13.8. The summed E-state index contributed by atoms with van der Waals surface area (Å²) in [6, 6.07) is 7.83. The van der Waals surface area contributed by atoms with Crippen LogP contribution in [-0.4, -0.2) is 55.3 Å². The number of pyridine rings is 1. The lowest BCUT2D eigenvalue weighted by atomic mass is 10.1. The molecule has 8 heteroatoms. The third-order valence-electron chi connectivity index (χ3n) is 4.34. The summed E-state index contributed by atoms with van der Waals surface area (Å²) < 4.78 is 40.4. The van der Waals surface area contributed by atoms with E-state index in [0.29, 0.717) is 49.7 Å². The summed E-state index contributed by atoms with van der Waals surface area (Å²) in [5.41, 5.74) is 0.509. The summed E-state index contributed by atoms with van der Waals surface area (Å²) in [4.78, 5) is 6.21. The fourth-order valence-electron chi connectivity index (χ4n) is 2.88. The average molecular weight is 384 g/mol. The Bertz CT molecular complexity index is 805. The van der Waals surface area contributed by atoms with Crippen molar-refractivity contribution in [2.45, 2.75) is 11.3 Å². The number of hydrogen-bond donors (Lipinski definition) is 0. The van der Waals surface area contributed by atoms with Gasteiger partial charge >= 0.3 is 0 Å². The Balaban J connectivity index is 1.57. The van der Waals surface area contributed by atoms with E-state index in [1.165, 1.54) is 16.6 Å². The van der Waals surface area contributed by atoms with Gasteiger partial charge in [0, 0.05) is 55.7 Å². The molecular weight excluding hydrogens is 365 g/mol. The molecule has 1 fully saturated rings. The SMILES string of the molecule is O=S(=O)(c1cccnc1)N1CCN(CCc2c(F)cccc2Cl)CC1. The van der Waals surface area contributed by atoms with Crippen LogP contribution < -0.4 is 0 Å². The zero-order valence-corrected chi connectivity index (χ0v) is 15.2. The van der Waals surface area contributed by atoms with E-state index in [4.69, 9.17) is 11.6 Å². The molecule has 0 atom stereocenters. The minimum atomic E-state index is -3.50. The topological polar surface area (TPSA) is 53.5 Å². The minimum Gasteiger partial charge on any atom is -0.300 e. The van der Waals surface area contributed by atoms with E-state index in [0.717, 1.165) is 0 Å². The lowest BCUT2D eigenvalue weighted by Crippen LogP contribution is -2.49. The van der Waals surface area contributed by atoms with Crippen LogP contribution in [0.5, 0.6) is 0 Å². The molecular formula is C17H19ClFN3O2S. The second-order valence-corrected chi connectivity index (χ2v) is 8.23. The number of sulfonamides is 1. The summed E-state index contributed by atoms with van der Waals surface area (Å²) >= 11 is 6.05. The smallest absolute Gasteiger partial charge is 0.244 e. The predicted octanol–water partition coefficient (Wildman–Crippen LogP) is 2.42. The minimum absolute atomic E-state index is 0.210. The zero-order valence-electron chi connectivity index (χ0n) is 13.6. The standard InChI is InChI=1S/C17H19ClFN3O2S/c18-16-4-1-5-17(19)15(16)6-8-21-9-11-22(12-10-21)25(23,24)14-3-2-7-20-13-14/h1-5,7,13H,6,8-12H2. The van der Waals surface area contributed by atoms with Crippen LogP contribution in [0, 0.1) is 5.82 Å². The average Bonchev–Trinajstić information content (AvgIpc) is 2.62. The van der Waals surface area contributed by atoms with Gasteiger partial charge in [0.2, 0.25) is 10.0 Å². The molecule has 0 aliphatic carbocycles. The first-order valence-electron chi connectivity index (χ1n) is 8.04. The van der Waals surface area contributed by atoms with E-state index in [-0.39, 0.29) is 10.7 Å². The molecule has 2 aromatic rings. The van der Waals surface area contributed by atoms with Crippen LogP contribution in [0.15, 0.2) is 47.6 Å². The van der Waals surface area contributed by atoms with Gasteiger partial charge in [-0.05, 0) is 30.7 Å². The van der Waals surface area contributed by atoms with Crippen molar-refractivity contribution in [1.29, 1.82) is 0 Å². The van der Waals surface area contributed by atoms with E-state index in [2.05, 4.69) is 9.88 Å². The first-order chi connectivity index (χ1) is 12.0. The molecule has 0 saturated carbocycles. The van der Waals surface area contributed by atoms with Crippen LogP contribution in [0.3, 0.4) is 0 Å². The van der Waals surface area contributed by atoms with E-state index < -0.39 is 10.0 Å². The third-order valence-corrected chi connectivity index (χ3v) is 6.58. The largest absolute Gasteiger partial charge is 0.300 e. The molecule has 0 N–H and O–H groups in total. The van der Waals surface area contributed by atoms with Gasteiger partial charge in [0.25, 0.3) is 0 Å². The monoisotopic (exact) mass is 383 g/mol. The van der Waals surface area contributed by atoms with Crippen molar-refractivity contribution in [3.05, 3.63) is 59.1 Å². The highest BCUT2D eigenvalue weighted by Gasteiger charge is 2.28. The molecule has 134 valence electrons. The van der Waals surface area contributed by atoms with E-state index >= 15 is 0 Å². The molecule has 0 unspecified atom stereocenters. The van der Waals surface area contributed by atoms with Gasteiger partial charge < -0.3 is 4.90 Å². The Morgan fingerprint density at radius 1 is 1.12 bits per heavy atom. The maximum absolute atomic E-state index is 13.8. The van der Waals surface area contributed by atoms with Crippen LogP contribution in [0.4, 0.5) is 4.39 Å². The molecule has 0 bridgehead atoms. The van der Waals surface area contributed by atoms with Crippen molar-refractivity contribution in [3.8, 4) is 0 Å². The molecule has 1 aliphatic heterocycles. The van der Waals surface area contributed by atoms with E-state index in [1.807, 2.05) is 0 Å². The third kappa shape index (κ3) is 4.17. The Hall–Kier alpha value is -1.54.